The monoisotopic (exact) mass is 1460 g/mol. The topological polar surface area (TPSA) is 520 Å². The van der Waals surface area contributed by atoms with Gasteiger partial charge in [-0.3, -0.25) is 0 Å². The minimum absolute atomic E-state index is 0.0986. The van der Waals surface area contributed by atoms with Crippen LogP contribution < -0.4 is 115 Å². The summed E-state index contributed by atoms with van der Waals surface area (Å²) >= 11 is 22.7. The Kier molecular flexibility index (Phi) is 34.8. The molecular formula is C70H90Cl4F6N20. The Bertz CT molecular complexity index is 3760. The summed E-state index contributed by atoms with van der Waals surface area (Å²) in [6, 6.07) is 36.9. The number of hydrogen-bond donors (Lipinski definition) is 20. The molecule has 10 rings (SSSR count). The van der Waals surface area contributed by atoms with Gasteiger partial charge in [0.05, 0.1) is 54.1 Å². The lowest BCUT2D eigenvalue weighted by Crippen LogP contribution is -2.10. The Balaban J connectivity index is 0.000000557. The summed E-state index contributed by atoms with van der Waals surface area (Å²) in [6.07, 6.45) is -4.44. The number of anilines is 20. The standard InChI is InChI=1S/C10H16N2.C8H9F3N2.C8H12N2.2C7H10N2.C6H4Cl4N2.C6H6F2N2.C6H7FN2.2C6H8N2/c1-5-6(2)10(12)8(4)7(3)9(5)11;1-4-2-7(13)5(3-6(4)12)8(9,10)11;1-5-3-8(10)6(2)4-7(5)9;2*1-5-4-6(8)2-3-7(5)9;7-1-2(8)6(12)4(10)3(9)5(1)11;7-3-1-5(9)4(8)2-6(3)10;7-5-3-4(8)1-2-6(5)9;7-5-1-2-6(8)4-3-5;7-5-2-1-3-6(8)4-5/h11-12H2,1-4H3;2-3H,12-13H2,1H3;3-4H,9-10H2,1-2H3;2*2-4H,8-9H2,1H3;11-12H2;1-2H,9-10H2;1-3H,8-9H2;2*1-4H,7-8H2. The third-order valence-electron chi connectivity index (χ3n) is 14.0. The molecule has 10 aromatic carbocycles. The van der Waals surface area contributed by atoms with E-state index in [0.717, 1.165) is 120 Å². The maximum Gasteiger partial charge on any atom is 0.418 e. The second-order valence-electron chi connectivity index (χ2n) is 22.0. The van der Waals surface area contributed by atoms with E-state index in [1.165, 1.54) is 18.2 Å². The lowest BCUT2D eigenvalue weighted by molar-refractivity contribution is -0.136. The van der Waals surface area contributed by atoms with Crippen molar-refractivity contribution in [3.8, 4) is 0 Å². The van der Waals surface area contributed by atoms with E-state index in [9.17, 15) is 26.3 Å². The van der Waals surface area contributed by atoms with Crippen molar-refractivity contribution in [3.05, 3.63) is 233 Å². The quantitative estimate of drug-likeness (QED) is 0.0381. The maximum atomic E-state index is 12.4. The Morgan fingerprint density at radius 3 is 0.750 bits per heavy atom. The van der Waals surface area contributed by atoms with Gasteiger partial charge in [-0.15, -0.1) is 0 Å². The van der Waals surface area contributed by atoms with Crippen molar-refractivity contribution in [3.63, 3.8) is 0 Å². The normalized spacial score (nSPS) is 9.95. The molecule has 0 heterocycles. The first kappa shape index (κ1) is 87.0. The Hall–Kier alpha value is -11.1. The summed E-state index contributed by atoms with van der Waals surface area (Å²) < 4.78 is 73.8. The number of aryl methyl sites for hydroxylation is 5. The number of halogens is 10. The fourth-order valence-corrected chi connectivity index (χ4v) is 8.35. The van der Waals surface area contributed by atoms with Gasteiger partial charge < -0.3 is 115 Å². The van der Waals surface area contributed by atoms with Crippen molar-refractivity contribution in [1.29, 1.82) is 0 Å². The first-order valence-electron chi connectivity index (χ1n) is 29.2. The Morgan fingerprint density at radius 1 is 0.240 bits per heavy atom. The van der Waals surface area contributed by atoms with Gasteiger partial charge in [0.2, 0.25) is 0 Å². The van der Waals surface area contributed by atoms with Gasteiger partial charge in [-0.2, -0.15) is 13.2 Å². The average molecular weight is 1470 g/mol. The highest BCUT2D eigenvalue weighted by Crippen LogP contribution is 2.44. The van der Waals surface area contributed by atoms with Crippen molar-refractivity contribution < 1.29 is 26.3 Å². The summed E-state index contributed by atoms with van der Waals surface area (Å²) in [5.74, 6) is -1.85. The van der Waals surface area contributed by atoms with Gasteiger partial charge >= 0.3 is 6.18 Å². The minimum Gasteiger partial charge on any atom is -0.399 e. The van der Waals surface area contributed by atoms with E-state index in [1.807, 2.05) is 97.9 Å². The SMILES string of the molecule is Cc1c(C)c(N)c(C)c(C)c1N.Cc1cc(N)c(C(F)(F)F)cc1N.Cc1cc(N)c(C)cc1N.Cc1cc(N)ccc1N.Cc1cc(N)ccc1N.Nc1c(Cl)c(Cl)c(N)c(Cl)c1Cl.Nc1cc(F)c(N)cc1F.Nc1ccc(N)c(F)c1.Nc1ccc(N)cc1.Nc1cccc(N)c1. The average Bonchev–Trinajstić information content (AvgIpc) is 0.820. The highest BCUT2D eigenvalue weighted by atomic mass is 35.5. The summed E-state index contributed by atoms with van der Waals surface area (Å²) in [4.78, 5) is 0. The molecule has 30 heteroatoms. The van der Waals surface area contributed by atoms with Crippen LogP contribution in [0.1, 0.15) is 55.6 Å². The third-order valence-corrected chi connectivity index (χ3v) is 15.8. The van der Waals surface area contributed by atoms with Crippen molar-refractivity contribution in [2.45, 2.75) is 68.5 Å². The first-order valence-corrected chi connectivity index (χ1v) is 30.7. The first-order chi connectivity index (χ1) is 46.1. The zero-order valence-electron chi connectivity index (χ0n) is 56.6. The lowest BCUT2D eigenvalue weighted by Gasteiger charge is -2.14. The van der Waals surface area contributed by atoms with Crippen LogP contribution in [0, 0.1) is 79.8 Å². The van der Waals surface area contributed by atoms with Crippen LogP contribution in [-0.4, -0.2) is 0 Å². The zero-order chi connectivity index (χ0) is 77.1. The number of nitrogen functional groups attached to an aromatic ring is 20. The molecule has 100 heavy (non-hydrogen) atoms. The van der Waals surface area contributed by atoms with Crippen molar-refractivity contribution in [1.82, 2.24) is 0 Å². The second-order valence-corrected chi connectivity index (χ2v) is 23.5. The van der Waals surface area contributed by atoms with E-state index in [1.54, 1.807) is 67.6 Å². The second kappa shape index (κ2) is 40.0. The summed E-state index contributed by atoms with van der Waals surface area (Å²) in [6.45, 7) is 17.4. The number of rotatable bonds is 0. The Morgan fingerprint density at radius 2 is 0.490 bits per heavy atom. The molecule has 0 aromatic heterocycles. The van der Waals surface area contributed by atoms with Crippen LogP contribution in [0.15, 0.2) is 140 Å². The molecule has 0 saturated heterocycles. The predicted molar refractivity (Wildman–Crippen MR) is 420 cm³/mol. The molecular weight excluding hydrogens is 1380 g/mol. The molecule has 0 aliphatic carbocycles. The van der Waals surface area contributed by atoms with E-state index < -0.39 is 29.2 Å². The number of nitrogens with two attached hydrogens (primary N) is 20. The van der Waals surface area contributed by atoms with Crippen molar-refractivity contribution in [2.24, 2.45) is 0 Å². The molecule has 0 unspecified atom stereocenters. The van der Waals surface area contributed by atoms with Gasteiger partial charge in [-0.25, -0.2) is 13.2 Å². The van der Waals surface area contributed by atoms with E-state index in [2.05, 4.69) is 0 Å². The minimum atomic E-state index is -4.44. The van der Waals surface area contributed by atoms with Crippen LogP contribution >= 0.6 is 46.4 Å². The molecule has 20 nitrogen and oxygen atoms in total. The molecule has 40 N–H and O–H groups in total. The molecule has 10 aromatic rings. The lowest BCUT2D eigenvalue weighted by atomic mass is 9.97. The molecule has 0 saturated carbocycles. The number of alkyl halides is 3. The molecule has 0 aliphatic rings. The summed E-state index contributed by atoms with van der Waals surface area (Å²) in [5, 5.41) is 0.513. The van der Waals surface area contributed by atoms with Crippen LogP contribution in [-0.2, 0) is 6.18 Å². The smallest absolute Gasteiger partial charge is 0.399 e. The molecule has 0 bridgehead atoms. The maximum absolute atomic E-state index is 12.4. The van der Waals surface area contributed by atoms with Crippen LogP contribution in [0.5, 0.6) is 0 Å². The van der Waals surface area contributed by atoms with Crippen LogP contribution in [0.2, 0.25) is 20.1 Å². The summed E-state index contributed by atoms with van der Waals surface area (Å²) in [5.41, 5.74) is 126. The van der Waals surface area contributed by atoms with Crippen molar-refractivity contribution in [2.75, 3.05) is 115 Å². The van der Waals surface area contributed by atoms with Crippen LogP contribution in [0.25, 0.3) is 0 Å². The van der Waals surface area contributed by atoms with Gasteiger partial charge in [0.1, 0.15) is 17.5 Å². The van der Waals surface area contributed by atoms with Gasteiger partial charge in [0.25, 0.3) is 0 Å². The number of hydrogen-bond acceptors (Lipinski definition) is 20. The van der Waals surface area contributed by atoms with Crippen LogP contribution in [0.3, 0.4) is 0 Å². The molecule has 0 amide bonds. The largest absolute Gasteiger partial charge is 0.418 e. The van der Waals surface area contributed by atoms with E-state index in [4.69, 9.17) is 161 Å². The fourth-order valence-electron chi connectivity index (χ4n) is 7.46. The van der Waals surface area contributed by atoms with E-state index in [-0.39, 0.29) is 59.9 Å². The van der Waals surface area contributed by atoms with Gasteiger partial charge in [-0.05, 0) is 234 Å². The molecule has 0 atom stereocenters. The van der Waals surface area contributed by atoms with E-state index >= 15 is 0 Å². The van der Waals surface area contributed by atoms with E-state index in [0.29, 0.717) is 22.6 Å². The fraction of sp³-hybridized carbons (Fsp3) is 0.143. The molecule has 540 valence electrons. The van der Waals surface area contributed by atoms with Gasteiger partial charge in [0, 0.05) is 97.4 Å². The van der Waals surface area contributed by atoms with Crippen molar-refractivity contribution >= 4 is 160 Å². The van der Waals surface area contributed by atoms with Gasteiger partial charge in [-0.1, -0.05) is 52.5 Å². The highest BCUT2D eigenvalue weighted by Gasteiger charge is 2.33. The molecule has 0 aliphatic heterocycles. The molecule has 0 fully saturated rings. The third kappa shape index (κ3) is 28.6. The molecule has 0 spiro atoms. The summed E-state index contributed by atoms with van der Waals surface area (Å²) in [7, 11) is 0. The zero-order valence-corrected chi connectivity index (χ0v) is 59.6. The van der Waals surface area contributed by atoms with Gasteiger partial charge in [0.15, 0.2) is 0 Å². The predicted octanol–water partition coefficient (Wildman–Crippen LogP) is 15.3. The van der Waals surface area contributed by atoms with Crippen LogP contribution in [0.4, 0.5) is 140 Å². The molecule has 0 radical (unpaired) electrons. The Labute approximate surface area is 599 Å². The highest BCUT2D eigenvalue weighted by molar-refractivity contribution is 6.52. The number of benzene rings is 10.